The second-order valence-electron chi connectivity index (χ2n) is 4.76. The summed E-state index contributed by atoms with van der Waals surface area (Å²) in [4.78, 5) is 0. The van der Waals surface area contributed by atoms with Gasteiger partial charge in [-0.25, -0.2) is 0 Å². The largest absolute Gasteiger partial charge is 0.0654 e. The van der Waals surface area contributed by atoms with Crippen LogP contribution >= 0.6 is 0 Å². The highest BCUT2D eigenvalue weighted by molar-refractivity contribution is 4.98. The average Bonchev–Trinajstić information content (AvgIpc) is 2.55. The van der Waals surface area contributed by atoms with Gasteiger partial charge < -0.3 is 0 Å². The maximum absolute atomic E-state index is 2.41. The van der Waals surface area contributed by atoms with Gasteiger partial charge in [0.15, 0.2) is 0 Å². The maximum Gasteiger partial charge on any atom is -0.0320 e. The smallest absolute Gasteiger partial charge is 0.0320 e. The Kier molecular flexibility index (Phi) is 2.61. The van der Waals surface area contributed by atoms with E-state index in [1.807, 2.05) is 0 Å². The summed E-state index contributed by atoms with van der Waals surface area (Å²) < 4.78 is 0. The molecule has 1 aliphatic rings. The quantitative estimate of drug-likeness (QED) is 0.577. The summed E-state index contributed by atoms with van der Waals surface area (Å²) >= 11 is 0. The zero-order valence-corrected chi connectivity index (χ0v) is 8.48. The molecule has 0 aromatic heterocycles. The zero-order chi connectivity index (χ0) is 8.48. The zero-order valence-electron chi connectivity index (χ0n) is 8.48. The van der Waals surface area contributed by atoms with E-state index in [1.54, 1.807) is 0 Å². The Balaban J connectivity index is 2.33. The third kappa shape index (κ3) is 1.98. The molecule has 0 N–H and O–H groups in total. The second kappa shape index (κ2) is 3.16. The molecule has 0 spiro atoms. The summed E-state index contributed by atoms with van der Waals surface area (Å²) in [7, 11) is 0. The van der Waals surface area contributed by atoms with Crippen molar-refractivity contribution in [3.8, 4) is 0 Å². The molecule has 0 nitrogen and oxygen atoms in total. The Morgan fingerprint density at radius 2 is 1.91 bits per heavy atom. The van der Waals surface area contributed by atoms with Gasteiger partial charge in [-0.1, -0.05) is 47.0 Å². The number of hydrogen-bond acceptors (Lipinski definition) is 0. The van der Waals surface area contributed by atoms with E-state index in [1.165, 1.54) is 25.7 Å². The van der Waals surface area contributed by atoms with E-state index < -0.39 is 0 Å². The highest BCUT2D eigenvalue weighted by Gasteiger charge is 2.48. The van der Waals surface area contributed by atoms with E-state index in [2.05, 4.69) is 27.7 Å². The molecule has 2 unspecified atom stereocenters. The molecule has 0 aliphatic heterocycles. The lowest BCUT2D eigenvalue weighted by Crippen LogP contribution is -2.05. The predicted molar refractivity (Wildman–Crippen MR) is 50.6 cm³/mol. The third-order valence-corrected chi connectivity index (χ3v) is 3.34. The van der Waals surface area contributed by atoms with Gasteiger partial charge in [0.05, 0.1) is 0 Å². The van der Waals surface area contributed by atoms with Crippen LogP contribution in [0.5, 0.6) is 0 Å². The van der Waals surface area contributed by atoms with Gasteiger partial charge in [-0.15, -0.1) is 0 Å². The molecule has 0 heterocycles. The molecule has 1 saturated carbocycles. The summed E-state index contributed by atoms with van der Waals surface area (Å²) in [6, 6.07) is 0. The first-order chi connectivity index (χ1) is 5.11. The summed E-state index contributed by atoms with van der Waals surface area (Å²) in [5.74, 6) is 2.07. The van der Waals surface area contributed by atoms with Crippen molar-refractivity contribution in [1.29, 1.82) is 0 Å². The molecule has 0 aromatic carbocycles. The summed E-state index contributed by atoms with van der Waals surface area (Å²) in [6.07, 6.45) is 5.68. The van der Waals surface area contributed by atoms with Gasteiger partial charge in [0.1, 0.15) is 0 Å². The molecule has 1 rings (SSSR count). The molecule has 0 amide bonds. The molecule has 1 fully saturated rings. The van der Waals surface area contributed by atoms with Gasteiger partial charge in [0.2, 0.25) is 0 Å². The molecule has 0 aromatic rings. The Morgan fingerprint density at radius 3 is 2.18 bits per heavy atom. The first kappa shape index (κ1) is 9.09. The summed E-state index contributed by atoms with van der Waals surface area (Å²) in [5.41, 5.74) is 0.690. The second-order valence-corrected chi connectivity index (χ2v) is 4.76. The van der Waals surface area contributed by atoms with Crippen LogP contribution in [0, 0.1) is 17.3 Å². The van der Waals surface area contributed by atoms with Gasteiger partial charge >= 0.3 is 0 Å². The summed E-state index contributed by atoms with van der Waals surface area (Å²) in [6.45, 7) is 9.47. The topological polar surface area (TPSA) is 0 Å². The van der Waals surface area contributed by atoms with Crippen LogP contribution in [-0.2, 0) is 0 Å². The van der Waals surface area contributed by atoms with Crippen molar-refractivity contribution in [2.24, 2.45) is 17.3 Å². The van der Waals surface area contributed by atoms with Gasteiger partial charge in [-0.3, -0.25) is 0 Å². The SMILES string of the molecule is CCCC(CC)C1CC1(C)C. The molecule has 66 valence electrons. The normalized spacial score (nSPS) is 30.0. The van der Waals surface area contributed by atoms with Crippen LogP contribution in [0.25, 0.3) is 0 Å². The van der Waals surface area contributed by atoms with Crippen LogP contribution in [0.1, 0.15) is 53.4 Å². The highest BCUT2D eigenvalue weighted by atomic mass is 14.5. The van der Waals surface area contributed by atoms with E-state index in [0.29, 0.717) is 5.41 Å². The third-order valence-electron chi connectivity index (χ3n) is 3.34. The van der Waals surface area contributed by atoms with Crippen LogP contribution in [0.3, 0.4) is 0 Å². The Labute approximate surface area is 71.4 Å². The van der Waals surface area contributed by atoms with Crippen LogP contribution in [0.2, 0.25) is 0 Å². The maximum atomic E-state index is 2.41. The standard InChI is InChI=1S/C11H22/c1-5-7-9(6-2)10-8-11(10,3)4/h9-10H,5-8H2,1-4H3. The van der Waals surface area contributed by atoms with E-state index in [-0.39, 0.29) is 0 Å². The van der Waals surface area contributed by atoms with Crippen molar-refractivity contribution in [3.63, 3.8) is 0 Å². The molecule has 0 radical (unpaired) electrons. The molecule has 0 saturated heterocycles. The minimum atomic E-state index is 0.690. The molecule has 1 aliphatic carbocycles. The molecular weight excluding hydrogens is 132 g/mol. The van der Waals surface area contributed by atoms with Crippen molar-refractivity contribution in [2.75, 3.05) is 0 Å². The van der Waals surface area contributed by atoms with Gasteiger partial charge in [-0.2, -0.15) is 0 Å². The van der Waals surface area contributed by atoms with Crippen molar-refractivity contribution in [1.82, 2.24) is 0 Å². The van der Waals surface area contributed by atoms with E-state index >= 15 is 0 Å². The minimum absolute atomic E-state index is 0.690. The van der Waals surface area contributed by atoms with Crippen molar-refractivity contribution >= 4 is 0 Å². The lowest BCUT2D eigenvalue weighted by Gasteiger charge is -2.15. The lowest BCUT2D eigenvalue weighted by molar-refractivity contribution is 0.357. The van der Waals surface area contributed by atoms with Crippen LogP contribution in [-0.4, -0.2) is 0 Å². The van der Waals surface area contributed by atoms with Gasteiger partial charge in [0.25, 0.3) is 0 Å². The van der Waals surface area contributed by atoms with E-state index in [9.17, 15) is 0 Å². The van der Waals surface area contributed by atoms with Crippen LogP contribution in [0.15, 0.2) is 0 Å². The van der Waals surface area contributed by atoms with Gasteiger partial charge in [0, 0.05) is 0 Å². The monoisotopic (exact) mass is 154 g/mol. The number of hydrogen-bond donors (Lipinski definition) is 0. The molecule has 11 heavy (non-hydrogen) atoms. The Morgan fingerprint density at radius 1 is 1.36 bits per heavy atom. The fourth-order valence-electron chi connectivity index (χ4n) is 2.37. The van der Waals surface area contributed by atoms with Crippen molar-refractivity contribution in [2.45, 2.75) is 53.4 Å². The Hall–Kier alpha value is 0. The number of rotatable bonds is 4. The van der Waals surface area contributed by atoms with E-state index in [4.69, 9.17) is 0 Å². The molecule has 0 bridgehead atoms. The average molecular weight is 154 g/mol. The van der Waals surface area contributed by atoms with Gasteiger partial charge in [-0.05, 0) is 23.7 Å². The van der Waals surface area contributed by atoms with Crippen molar-refractivity contribution < 1.29 is 0 Å². The summed E-state index contributed by atoms with van der Waals surface area (Å²) in [5, 5.41) is 0. The highest BCUT2D eigenvalue weighted by Crippen LogP contribution is 2.57. The fourth-order valence-corrected chi connectivity index (χ4v) is 2.37. The first-order valence-corrected chi connectivity index (χ1v) is 5.11. The minimum Gasteiger partial charge on any atom is -0.0654 e. The first-order valence-electron chi connectivity index (χ1n) is 5.11. The molecule has 2 atom stereocenters. The lowest BCUT2D eigenvalue weighted by atomic mass is 9.91. The fraction of sp³-hybridized carbons (Fsp3) is 1.00. The predicted octanol–water partition coefficient (Wildman–Crippen LogP) is 3.86. The van der Waals surface area contributed by atoms with E-state index in [0.717, 1.165) is 11.8 Å². The Bertz CT molecular complexity index is 124. The molecular formula is C11H22. The van der Waals surface area contributed by atoms with Crippen LogP contribution in [0.4, 0.5) is 0 Å². The molecule has 0 heteroatoms. The van der Waals surface area contributed by atoms with Crippen molar-refractivity contribution in [3.05, 3.63) is 0 Å². The van der Waals surface area contributed by atoms with Crippen LogP contribution < -0.4 is 0 Å².